The fourth-order valence-electron chi connectivity index (χ4n) is 7.39. The van der Waals surface area contributed by atoms with Crippen molar-refractivity contribution < 1.29 is 24.2 Å². The number of unbranched alkanes of at least 4 members (excludes halogenated alkanes) is 2. The van der Waals surface area contributed by atoms with Gasteiger partial charge in [-0.05, 0) is 54.5 Å². The molecule has 5 rings (SSSR count). The lowest BCUT2D eigenvalue weighted by Crippen LogP contribution is -2.59. The molecule has 3 unspecified atom stereocenters. The van der Waals surface area contributed by atoms with Crippen molar-refractivity contribution in [2.45, 2.75) is 72.9 Å². The molecule has 3 heterocycles. The van der Waals surface area contributed by atoms with Gasteiger partial charge in [0.1, 0.15) is 6.04 Å². The SMILES string of the molecule is C=CCCCCOC(=O)[C@H]1[C@@H]2SC3(CC2Br)C(C(=O)N(CC=C)c2ccc4ccccc4c2)N([C@@H](CO)[C@@H](C)CC)C(=O)[C@H]13. The first-order valence-corrected chi connectivity index (χ1v) is 17.5. The Morgan fingerprint density at radius 3 is 2.64 bits per heavy atom. The number of thioether (sulfide) groups is 1. The van der Waals surface area contributed by atoms with E-state index in [9.17, 15) is 19.5 Å². The number of rotatable bonds is 14. The molecule has 7 nitrogen and oxygen atoms in total. The highest BCUT2D eigenvalue weighted by Crippen LogP contribution is 2.68. The number of ether oxygens (including phenoxy) is 1. The molecular weight excluding hydrogens is 640 g/mol. The summed E-state index contributed by atoms with van der Waals surface area (Å²) in [5.41, 5.74) is 0.716. The monoisotopic (exact) mass is 682 g/mol. The van der Waals surface area contributed by atoms with Gasteiger partial charge in [0.05, 0.1) is 35.8 Å². The van der Waals surface area contributed by atoms with E-state index in [2.05, 4.69) is 29.1 Å². The number of aliphatic hydroxyl groups excluding tert-OH is 1. The summed E-state index contributed by atoms with van der Waals surface area (Å²) in [6.07, 6.45) is 7.27. The van der Waals surface area contributed by atoms with Gasteiger partial charge in [0.15, 0.2) is 0 Å². The number of carbonyl (C=O) groups is 3. The van der Waals surface area contributed by atoms with E-state index in [1.807, 2.05) is 62.4 Å². The number of aliphatic hydroxyl groups is 1. The molecule has 2 bridgehead atoms. The van der Waals surface area contributed by atoms with Crippen molar-refractivity contribution in [2.24, 2.45) is 17.8 Å². The number of fused-ring (bicyclic) bond motifs is 2. The Hall–Kier alpha value is -2.62. The maximum atomic E-state index is 15.0. The number of alkyl halides is 1. The average Bonchev–Trinajstić information content (AvgIpc) is 3.62. The van der Waals surface area contributed by atoms with E-state index in [0.29, 0.717) is 12.1 Å². The van der Waals surface area contributed by atoms with E-state index in [4.69, 9.17) is 4.74 Å². The molecule has 2 amide bonds. The smallest absolute Gasteiger partial charge is 0.310 e. The van der Waals surface area contributed by atoms with Crippen LogP contribution < -0.4 is 4.90 Å². The highest BCUT2D eigenvalue weighted by atomic mass is 79.9. The maximum Gasteiger partial charge on any atom is 0.310 e. The van der Waals surface area contributed by atoms with Crippen LogP contribution in [-0.2, 0) is 19.1 Å². The molecule has 1 spiro atoms. The lowest BCUT2D eigenvalue weighted by atomic mass is 9.71. The Morgan fingerprint density at radius 2 is 1.95 bits per heavy atom. The third-order valence-electron chi connectivity index (χ3n) is 9.75. The minimum absolute atomic E-state index is 0.0553. The lowest BCUT2D eigenvalue weighted by molar-refractivity contribution is -0.154. The largest absolute Gasteiger partial charge is 0.465 e. The van der Waals surface area contributed by atoms with Gasteiger partial charge in [-0.2, -0.15) is 0 Å². The lowest BCUT2D eigenvalue weighted by Gasteiger charge is -2.41. The minimum Gasteiger partial charge on any atom is -0.465 e. The Kier molecular flexibility index (Phi) is 10.3. The van der Waals surface area contributed by atoms with E-state index in [1.54, 1.807) is 27.6 Å². The summed E-state index contributed by atoms with van der Waals surface area (Å²) >= 11 is 5.42. The number of anilines is 1. The second-order valence-electron chi connectivity index (χ2n) is 12.3. The van der Waals surface area contributed by atoms with Gasteiger partial charge < -0.3 is 19.6 Å². The highest BCUT2D eigenvalue weighted by Gasteiger charge is 2.77. The number of hydrogen-bond acceptors (Lipinski definition) is 6. The molecule has 3 fully saturated rings. The normalized spacial score (nSPS) is 28.5. The number of esters is 1. The summed E-state index contributed by atoms with van der Waals surface area (Å²) in [6.45, 7) is 12.0. The van der Waals surface area contributed by atoms with Crippen LogP contribution in [0, 0.1) is 17.8 Å². The molecule has 3 aliphatic heterocycles. The first kappa shape index (κ1) is 32.8. The first-order valence-electron chi connectivity index (χ1n) is 15.7. The Balaban J connectivity index is 1.56. The molecule has 0 saturated carbocycles. The third-order valence-corrected chi connectivity index (χ3v) is 13.0. The van der Waals surface area contributed by atoms with Gasteiger partial charge in [0.25, 0.3) is 5.91 Å². The predicted molar refractivity (Wildman–Crippen MR) is 181 cm³/mol. The van der Waals surface area contributed by atoms with Gasteiger partial charge >= 0.3 is 5.97 Å². The van der Waals surface area contributed by atoms with Crippen molar-refractivity contribution in [3.8, 4) is 0 Å². The second kappa shape index (κ2) is 13.8. The maximum absolute atomic E-state index is 15.0. The number of likely N-dealkylation sites (tertiary alicyclic amines) is 1. The highest BCUT2D eigenvalue weighted by molar-refractivity contribution is 9.09. The molecule has 3 aliphatic rings. The molecule has 44 heavy (non-hydrogen) atoms. The van der Waals surface area contributed by atoms with Crippen LogP contribution in [0.2, 0.25) is 0 Å². The van der Waals surface area contributed by atoms with Crippen molar-refractivity contribution in [1.29, 1.82) is 0 Å². The summed E-state index contributed by atoms with van der Waals surface area (Å²) in [5.74, 6) is -2.26. The van der Waals surface area contributed by atoms with Crippen LogP contribution in [0.25, 0.3) is 10.8 Å². The molecular formula is C35H43BrN2O5S. The van der Waals surface area contributed by atoms with Gasteiger partial charge in [0.2, 0.25) is 5.91 Å². The standard InChI is InChI=1S/C35H43BrN2O5S/c1-5-8-9-12-18-43-34(42)28-29-32(40)38(27(21-39)22(4)7-3)31(35(29)20-26(36)30(28)44-35)33(41)37(17-6-2)25-16-15-23-13-10-11-14-24(23)19-25/h5-6,10-11,13-16,19,22,26-31,39H,1-2,7-9,12,17-18,20-21H2,3-4H3/t22-,26?,27-,28+,29-,30+,31?,35?/m0/s1. The van der Waals surface area contributed by atoms with E-state index in [1.165, 1.54) is 0 Å². The number of carbonyl (C=O) groups excluding carboxylic acids is 3. The topological polar surface area (TPSA) is 87.2 Å². The predicted octanol–water partition coefficient (Wildman–Crippen LogP) is 6.13. The molecule has 8 atom stereocenters. The summed E-state index contributed by atoms with van der Waals surface area (Å²) in [7, 11) is 0. The van der Waals surface area contributed by atoms with Crippen LogP contribution in [0.3, 0.4) is 0 Å². The van der Waals surface area contributed by atoms with Crippen molar-refractivity contribution >= 4 is 61.9 Å². The molecule has 0 aliphatic carbocycles. The minimum atomic E-state index is -0.863. The van der Waals surface area contributed by atoms with Crippen molar-refractivity contribution in [2.75, 3.05) is 24.7 Å². The fraction of sp³-hybridized carbons (Fsp3) is 0.514. The number of allylic oxidation sites excluding steroid dienone is 1. The average molecular weight is 684 g/mol. The zero-order valence-corrected chi connectivity index (χ0v) is 28.0. The Morgan fingerprint density at radius 1 is 1.20 bits per heavy atom. The van der Waals surface area contributed by atoms with E-state index >= 15 is 0 Å². The van der Waals surface area contributed by atoms with E-state index in [-0.39, 0.29) is 53.5 Å². The molecule has 236 valence electrons. The van der Waals surface area contributed by atoms with Crippen molar-refractivity contribution in [3.63, 3.8) is 0 Å². The number of amides is 2. The second-order valence-corrected chi connectivity index (χ2v) is 15.0. The van der Waals surface area contributed by atoms with Gasteiger partial charge in [-0.3, -0.25) is 14.4 Å². The van der Waals surface area contributed by atoms with Gasteiger partial charge in [-0.15, -0.1) is 24.9 Å². The zero-order valence-electron chi connectivity index (χ0n) is 25.6. The summed E-state index contributed by atoms with van der Waals surface area (Å²) in [6, 6.07) is 12.5. The molecule has 0 aromatic heterocycles. The van der Waals surface area contributed by atoms with Gasteiger partial charge in [-0.25, -0.2) is 0 Å². The number of nitrogens with zero attached hydrogens (tertiary/aromatic N) is 2. The molecule has 2 aromatic carbocycles. The van der Waals surface area contributed by atoms with Crippen LogP contribution in [0.1, 0.15) is 46.0 Å². The molecule has 9 heteroatoms. The van der Waals surface area contributed by atoms with Crippen molar-refractivity contribution in [3.05, 3.63) is 67.8 Å². The van der Waals surface area contributed by atoms with Crippen molar-refractivity contribution in [1.82, 2.24) is 4.90 Å². The zero-order chi connectivity index (χ0) is 31.6. The molecule has 3 saturated heterocycles. The van der Waals surface area contributed by atoms with Crippen LogP contribution in [0.15, 0.2) is 67.8 Å². The Labute approximate surface area is 273 Å². The van der Waals surface area contributed by atoms with Gasteiger partial charge in [-0.1, -0.05) is 78.7 Å². The third kappa shape index (κ3) is 5.64. The summed E-state index contributed by atoms with van der Waals surface area (Å²) in [4.78, 5) is 46.6. The number of benzene rings is 2. The number of halogens is 1. The molecule has 2 aromatic rings. The van der Waals surface area contributed by atoms with E-state index < -0.39 is 28.7 Å². The van der Waals surface area contributed by atoms with Crippen LogP contribution in [-0.4, -0.2) is 74.5 Å². The fourth-order valence-corrected chi connectivity index (χ4v) is 11.0. The molecule has 0 radical (unpaired) electrons. The Bertz CT molecular complexity index is 1420. The summed E-state index contributed by atoms with van der Waals surface area (Å²) < 4.78 is 4.94. The van der Waals surface area contributed by atoms with Crippen LogP contribution in [0.4, 0.5) is 5.69 Å². The quantitative estimate of drug-likeness (QED) is 0.112. The first-order chi connectivity index (χ1) is 21.2. The van der Waals surface area contributed by atoms with Crippen LogP contribution >= 0.6 is 27.7 Å². The van der Waals surface area contributed by atoms with Gasteiger partial charge in [0, 0.05) is 22.3 Å². The van der Waals surface area contributed by atoms with Crippen LogP contribution in [0.5, 0.6) is 0 Å². The summed E-state index contributed by atoms with van der Waals surface area (Å²) in [5, 5.41) is 12.6. The van der Waals surface area contributed by atoms with E-state index in [0.717, 1.165) is 36.5 Å². The molecule has 1 N–H and O–H groups in total. The number of hydrogen-bond donors (Lipinski definition) is 1.